The average molecular weight is 302 g/mol. The molecule has 0 radical (unpaired) electrons. The first-order chi connectivity index (χ1) is 7.18. The fourth-order valence-electron chi connectivity index (χ4n) is 1.21. The lowest BCUT2D eigenvalue weighted by Crippen LogP contribution is -1.99. The summed E-state index contributed by atoms with van der Waals surface area (Å²) in [7, 11) is 0. The van der Waals surface area contributed by atoms with Gasteiger partial charge in [-0.25, -0.2) is 0 Å². The summed E-state index contributed by atoms with van der Waals surface area (Å²) in [6.07, 6.45) is 0. The third kappa shape index (κ3) is 2.30. The van der Waals surface area contributed by atoms with Crippen LogP contribution in [-0.2, 0) is 0 Å². The van der Waals surface area contributed by atoms with E-state index in [4.69, 9.17) is 11.6 Å². The fraction of sp³-hybridized carbons (Fsp3) is 0. The van der Waals surface area contributed by atoms with Gasteiger partial charge in [-0.15, -0.1) is 11.3 Å². The van der Waals surface area contributed by atoms with Gasteiger partial charge in [0, 0.05) is 15.1 Å². The van der Waals surface area contributed by atoms with E-state index in [0.717, 1.165) is 9.35 Å². The van der Waals surface area contributed by atoms with Gasteiger partial charge in [-0.05, 0) is 29.6 Å². The number of carbonyl (C=O) groups excluding carboxylic acids is 1. The van der Waals surface area contributed by atoms with Gasteiger partial charge >= 0.3 is 0 Å². The molecule has 0 N–H and O–H groups in total. The van der Waals surface area contributed by atoms with E-state index in [1.165, 1.54) is 11.3 Å². The summed E-state index contributed by atoms with van der Waals surface area (Å²) >= 11 is 10.6. The smallest absolute Gasteiger partial charge is 0.204 e. The van der Waals surface area contributed by atoms with Crippen molar-refractivity contribution in [3.05, 3.63) is 55.6 Å². The summed E-state index contributed by atoms with van der Waals surface area (Å²) in [5, 5.41) is 2.45. The summed E-state index contributed by atoms with van der Waals surface area (Å²) in [6.45, 7) is 0. The van der Waals surface area contributed by atoms with E-state index in [0.29, 0.717) is 10.6 Å². The van der Waals surface area contributed by atoms with Gasteiger partial charge in [-0.2, -0.15) is 0 Å². The van der Waals surface area contributed by atoms with Gasteiger partial charge in [0.1, 0.15) is 0 Å². The number of halogens is 2. The Hall–Kier alpha value is -0.640. The summed E-state index contributed by atoms with van der Waals surface area (Å²) < 4.78 is 0.769. The Morgan fingerprint density at radius 3 is 2.80 bits per heavy atom. The van der Waals surface area contributed by atoms with Gasteiger partial charge < -0.3 is 0 Å². The normalized spacial score (nSPS) is 10.3. The van der Waals surface area contributed by atoms with Gasteiger partial charge in [0.2, 0.25) is 5.78 Å². The van der Waals surface area contributed by atoms with Crippen LogP contribution in [0.15, 0.2) is 40.2 Å². The van der Waals surface area contributed by atoms with Crippen LogP contribution in [-0.4, -0.2) is 5.78 Å². The molecule has 0 bridgehead atoms. The van der Waals surface area contributed by atoms with Crippen LogP contribution in [0.2, 0.25) is 5.02 Å². The Kier molecular flexibility index (Phi) is 3.24. The fourth-order valence-corrected chi connectivity index (χ4v) is 2.49. The van der Waals surface area contributed by atoms with E-state index in [1.807, 2.05) is 11.4 Å². The highest BCUT2D eigenvalue weighted by atomic mass is 79.9. The van der Waals surface area contributed by atoms with Crippen LogP contribution in [0.4, 0.5) is 0 Å². The predicted molar refractivity (Wildman–Crippen MR) is 66.9 cm³/mol. The quantitative estimate of drug-likeness (QED) is 0.752. The third-order valence-electron chi connectivity index (χ3n) is 1.92. The number of thiophene rings is 1. The SMILES string of the molecule is O=C(c1cccs1)c1cc(Cl)ccc1Br. The monoisotopic (exact) mass is 300 g/mol. The van der Waals surface area contributed by atoms with E-state index in [2.05, 4.69) is 15.9 Å². The zero-order chi connectivity index (χ0) is 10.8. The number of benzene rings is 1. The second kappa shape index (κ2) is 4.47. The van der Waals surface area contributed by atoms with Gasteiger partial charge in [0.25, 0.3) is 0 Å². The molecule has 1 aromatic carbocycles. The maximum Gasteiger partial charge on any atom is 0.204 e. The maximum atomic E-state index is 12.0. The predicted octanol–water partition coefficient (Wildman–Crippen LogP) is 4.40. The summed E-state index contributed by atoms with van der Waals surface area (Å²) in [6, 6.07) is 8.87. The van der Waals surface area contributed by atoms with Crippen molar-refractivity contribution in [2.24, 2.45) is 0 Å². The molecule has 0 saturated heterocycles. The highest BCUT2D eigenvalue weighted by molar-refractivity contribution is 9.10. The molecular weight excluding hydrogens is 296 g/mol. The van der Waals surface area contributed by atoms with Crippen LogP contribution in [0.3, 0.4) is 0 Å². The van der Waals surface area contributed by atoms with Gasteiger partial charge in [0.05, 0.1) is 4.88 Å². The van der Waals surface area contributed by atoms with Crippen molar-refractivity contribution in [3.63, 3.8) is 0 Å². The minimum absolute atomic E-state index is 0.000579. The van der Waals surface area contributed by atoms with E-state index < -0.39 is 0 Å². The van der Waals surface area contributed by atoms with Gasteiger partial charge in [-0.1, -0.05) is 33.6 Å². The summed E-state index contributed by atoms with van der Waals surface area (Å²) in [5.74, 6) is -0.000579. The van der Waals surface area contributed by atoms with Crippen molar-refractivity contribution in [1.29, 1.82) is 0 Å². The Bertz CT molecular complexity index is 493. The molecule has 1 nitrogen and oxygen atoms in total. The summed E-state index contributed by atoms with van der Waals surface area (Å²) in [4.78, 5) is 12.7. The average Bonchev–Trinajstić information content (AvgIpc) is 2.74. The van der Waals surface area contributed by atoms with Crippen LogP contribution in [0.5, 0.6) is 0 Å². The van der Waals surface area contributed by atoms with Crippen molar-refractivity contribution in [2.45, 2.75) is 0 Å². The number of hydrogen-bond donors (Lipinski definition) is 0. The zero-order valence-electron chi connectivity index (χ0n) is 7.54. The van der Waals surface area contributed by atoms with Gasteiger partial charge in [0.15, 0.2) is 0 Å². The zero-order valence-corrected chi connectivity index (χ0v) is 10.7. The molecule has 0 unspecified atom stereocenters. The highest BCUT2D eigenvalue weighted by Gasteiger charge is 2.13. The number of ketones is 1. The topological polar surface area (TPSA) is 17.1 Å². The number of hydrogen-bond acceptors (Lipinski definition) is 2. The first-order valence-corrected chi connectivity index (χ1v) is 6.27. The first-order valence-electron chi connectivity index (χ1n) is 4.22. The molecule has 1 aromatic heterocycles. The lowest BCUT2D eigenvalue weighted by molar-refractivity contribution is 0.104. The van der Waals surface area contributed by atoms with Crippen LogP contribution in [0.1, 0.15) is 15.2 Å². The van der Waals surface area contributed by atoms with Gasteiger partial charge in [-0.3, -0.25) is 4.79 Å². The third-order valence-corrected chi connectivity index (χ3v) is 3.71. The van der Waals surface area contributed by atoms with Crippen molar-refractivity contribution >= 4 is 44.7 Å². The molecule has 4 heteroatoms. The lowest BCUT2D eigenvalue weighted by atomic mass is 10.1. The van der Waals surface area contributed by atoms with Crippen molar-refractivity contribution in [3.8, 4) is 0 Å². The molecule has 0 aliphatic carbocycles. The Morgan fingerprint density at radius 1 is 1.33 bits per heavy atom. The minimum atomic E-state index is -0.000579. The second-order valence-corrected chi connectivity index (χ2v) is 5.17. The second-order valence-electron chi connectivity index (χ2n) is 2.93. The molecule has 0 aliphatic heterocycles. The standard InChI is InChI=1S/C11H6BrClOS/c12-9-4-3-7(13)6-8(9)11(14)10-2-1-5-15-10/h1-6H. The van der Waals surface area contributed by atoms with Crippen molar-refractivity contribution < 1.29 is 4.79 Å². The van der Waals surface area contributed by atoms with E-state index >= 15 is 0 Å². The molecule has 0 spiro atoms. The van der Waals surface area contributed by atoms with Crippen LogP contribution >= 0.6 is 38.9 Å². The van der Waals surface area contributed by atoms with Crippen molar-refractivity contribution in [1.82, 2.24) is 0 Å². The molecule has 15 heavy (non-hydrogen) atoms. The van der Waals surface area contributed by atoms with Crippen LogP contribution in [0, 0.1) is 0 Å². The highest BCUT2D eigenvalue weighted by Crippen LogP contribution is 2.25. The Morgan fingerprint density at radius 2 is 2.13 bits per heavy atom. The summed E-state index contributed by atoms with van der Waals surface area (Å²) in [5.41, 5.74) is 0.602. The van der Waals surface area contributed by atoms with Crippen LogP contribution in [0.25, 0.3) is 0 Å². The molecule has 2 rings (SSSR count). The molecule has 0 fully saturated rings. The molecule has 2 aromatic rings. The molecule has 76 valence electrons. The van der Waals surface area contributed by atoms with Crippen LogP contribution < -0.4 is 0 Å². The maximum absolute atomic E-state index is 12.0. The Balaban J connectivity index is 2.46. The molecule has 0 aliphatic rings. The molecular formula is C11H6BrClOS. The molecule has 0 atom stereocenters. The van der Waals surface area contributed by atoms with E-state index in [9.17, 15) is 4.79 Å². The first kappa shape index (κ1) is 10.9. The molecule has 0 saturated carbocycles. The van der Waals surface area contributed by atoms with E-state index in [1.54, 1.807) is 24.3 Å². The Labute approximate surface area is 105 Å². The number of carbonyl (C=O) groups is 1. The molecule has 0 amide bonds. The van der Waals surface area contributed by atoms with Crippen molar-refractivity contribution in [2.75, 3.05) is 0 Å². The van der Waals surface area contributed by atoms with E-state index in [-0.39, 0.29) is 5.78 Å². The molecule has 1 heterocycles. The minimum Gasteiger partial charge on any atom is -0.288 e. The number of rotatable bonds is 2. The largest absolute Gasteiger partial charge is 0.288 e. The lowest BCUT2D eigenvalue weighted by Gasteiger charge is -2.02.